The molecule has 0 amide bonds. The van der Waals surface area contributed by atoms with Gasteiger partial charge in [-0.1, -0.05) is 30.7 Å². The molecule has 3 nitrogen and oxygen atoms in total. The van der Waals surface area contributed by atoms with Gasteiger partial charge in [-0.05, 0) is 38.0 Å². The van der Waals surface area contributed by atoms with Crippen molar-refractivity contribution in [3.05, 3.63) is 58.6 Å². The molecule has 1 aromatic carbocycles. The van der Waals surface area contributed by atoms with E-state index in [0.29, 0.717) is 0 Å². The molecule has 0 aliphatic rings. The van der Waals surface area contributed by atoms with Gasteiger partial charge >= 0.3 is 0 Å². The van der Waals surface area contributed by atoms with Crippen LogP contribution in [0.4, 0.5) is 0 Å². The molecule has 4 heteroatoms. The van der Waals surface area contributed by atoms with Gasteiger partial charge < -0.3 is 5.32 Å². The molecule has 106 valence electrons. The van der Waals surface area contributed by atoms with Gasteiger partial charge in [-0.25, -0.2) is 0 Å². The third-order valence-electron chi connectivity index (χ3n) is 3.44. The molecule has 2 aromatic rings. The van der Waals surface area contributed by atoms with Crippen molar-refractivity contribution in [1.82, 2.24) is 15.3 Å². The Kier molecular flexibility index (Phi) is 5.10. The van der Waals surface area contributed by atoms with E-state index in [-0.39, 0.29) is 12.1 Å². The van der Waals surface area contributed by atoms with Crippen LogP contribution in [0, 0.1) is 6.92 Å². The summed E-state index contributed by atoms with van der Waals surface area (Å²) < 4.78 is 0. The topological polar surface area (TPSA) is 37.8 Å². The van der Waals surface area contributed by atoms with Crippen LogP contribution in [0.25, 0.3) is 0 Å². The number of nitrogens with zero attached hydrogens (tertiary/aromatic N) is 2. The van der Waals surface area contributed by atoms with Crippen LogP contribution in [0.3, 0.4) is 0 Å². The summed E-state index contributed by atoms with van der Waals surface area (Å²) in [6, 6.07) is 8.40. The maximum atomic E-state index is 6.07. The molecule has 0 bridgehead atoms. The van der Waals surface area contributed by atoms with Gasteiger partial charge in [0.15, 0.2) is 0 Å². The fraction of sp³-hybridized carbons (Fsp3) is 0.375. The molecule has 0 aliphatic heterocycles. The van der Waals surface area contributed by atoms with E-state index < -0.39 is 0 Å². The van der Waals surface area contributed by atoms with Crippen molar-refractivity contribution in [2.75, 3.05) is 0 Å². The Morgan fingerprint density at radius 1 is 1.25 bits per heavy atom. The molecule has 0 aliphatic carbocycles. The lowest BCUT2D eigenvalue weighted by molar-refractivity contribution is 0.447. The Balaban J connectivity index is 2.16. The van der Waals surface area contributed by atoms with Gasteiger partial charge in [0, 0.05) is 29.5 Å². The number of nitrogens with one attached hydrogen (secondary N) is 1. The minimum Gasteiger partial charge on any atom is -0.302 e. The first kappa shape index (κ1) is 14.9. The zero-order valence-electron chi connectivity index (χ0n) is 12.1. The lowest BCUT2D eigenvalue weighted by Crippen LogP contribution is -2.25. The summed E-state index contributed by atoms with van der Waals surface area (Å²) in [5, 5.41) is 4.38. The van der Waals surface area contributed by atoms with E-state index in [9.17, 15) is 0 Å². The van der Waals surface area contributed by atoms with E-state index in [2.05, 4.69) is 35.2 Å². The highest BCUT2D eigenvalue weighted by Gasteiger charge is 2.16. The Morgan fingerprint density at radius 3 is 2.65 bits per heavy atom. The van der Waals surface area contributed by atoms with Crippen molar-refractivity contribution in [3.63, 3.8) is 0 Å². The molecule has 1 aromatic heterocycles. The fourth-order valence-electron chi connectivity index (χ4n) is 2.40. The van der Waals surface area contributed by atoms with Crippen molar-refractivity contribution >= 4 is 11.6 Å². The monoisotopic (exact) mass is 289 g/mol. The van der Waals surface area contributed by atoms with Crippen LogP contribution in [-0.2, 0) is 0 Å². The minimum atomic E-state index is 0.146. The molecule has 2 atom stereocenters. The zero-order valence-corrected chi connectivity index (χ0v) is 12.9. The van der Waals surface area contributed by atoms with Crippen LogP contribution < -0.4 is 5.32 Å². The molecule has 0 spiro atoms. The Morgan fingerprint density at radius 2 is 2.00 bits per heavy atom. The summed E-state index contributed by atoms with van der Waals surface area (Å²) in [7, 11) is 0. The van der Waals surface area contributed by atoms with Crippen LogP contribution in [0.5, 0.6) is 0 Å². The van der Waals surface area contributed by atoms with Crippen LogP contribution in [-0.4, -0.2) is 9.97 Å². The predicted octanol–water partition coefficient (Wildman–Crippen LogP) is 4.24. The minimum absolute atomic E-state index is 0.146. The second-order valence-electron chi connectivity index (χ2n) is 4.93. The van der Waals surface area contributed by atoms with Gasteiger partial charge in [-0.15, -0.1) is 0 Å². The van der Waals surface area contributed by atoms with Gasteiger partial charge in [0.1, 0.15) is 0 Å². The highest BCUT2D eigenvalue weighted by molar-refractivity contribution is 6.30. The average Bonchev–Trinajstić information content (AvgIpc) is 2.45. The second-order valence-corrected chi connectivity index (χ2v) is 5.37. The first-order chi connectivity index (χ1) is 9.61. The lowest BCUT2D eigenvalue weighted by atomic mass is 10.0. The van der Waals surface area contributed by atoms with Crippen molar-refractivity contribution in [1.29, 1.82) is 0 Å². The molecule has 0 radical (unpaired) electrons. The highest BCUT2D eigenvalue weighted by atomic mass is 35.5. The third kappa shape index (κ3) is 3.56. The standard InChI is InChI=1S/C16H20ClN3/c1-4-15(13-6-5-7-14(17)10-13)20-12(3)16-11(2)18-8-9-19-16/h5-10,12,15,20H,4H2,1-3H3. The summed E-state index contributed by atoms with van der Waals surface area (Å²) in [5.74, 6) is 0. The Labute approximate surface area is 125 Å². The van der Waals surface area contributed by atoms with E-state index in [1.807, 2.05) is 25.1 Å². The molecule has 2 rings (SSSR count). The van der Waals surface area contributed by atoms with Crippen LogP contribution in [0.1, 0.15) is 49.3 Å². The van der Waals surface area contributed by atoms with Crippen LogP contribution >= 0.6 is 11.6 Å². The third-order valence-corrected chi connectivity index (χ3v) is 3.67. The van der Waals surface area contributed by atoms with Crippen molar-refractivity contribution in [3.8, 4) is 0 Å². The molecule has 1 N–H and O–H groups in total. The molecule has 1 heterocycles. The number of hydrogen-bond donors (Lipinski definition) is 1. The number of rotatable bonds is 5. The average molecular weight is 290 g/mol. The van der Waals surface area contributed by atoms with Crippen molar-refractivity contribution < 1.29 is 0 Å². The lowest BCUT2D eigenvalue weighted by Gasteiger charge is -2.23. The molecule has 0 saturated carbocycles. The molecular formula is C16H20ClN3. The maximum absolute atomic E-state index is 6.07. The van der Waals surface area contributed by atoms with E-state index in [1.165, 1.54) is 5.56 Å². The predicted molar refractivity (Wildman–Crippen MR) is 82.8 cm³/mol. The number of hydrogen-bond acceptors (Lipinski definition) is 3. The number of benzene rings is 1. The summed E-state index contributed by atoms with van der Waals surface area (Å²) in [4.78, 5) is 8.72. The van der Waals surface area contributed by atoms with E-state index in [4.69, 9.17) is 11.6 Å². The van der Waals surface area contributed by atoms with E-state index >= 15 is 0 Å². The van der Waals surface area contributed by atoms with Gasteiger partial charge in [0.25, 0.3) is 0 Å². The Hall–Kier alpha value is -1.45. The number of halogens is 1. The molecule has 20 heavy (non-hydrogen) atoms. The zero-order chi connectivity index (χ0) is 14.5. The second kappa shape index (κ2) is 6.82. The van der Waals surface area contributed by atoms with Crippen LogP contribution in [0.2, 0.25) is 5.02 Å². The van der Waals surface area contributed by atoms with E-state index in [0.717, 1.165) is 22.8 Å². The largest absolute Gasteiger partial charge is 0.302 e. The first-order valence-electron chi connectivity index (χ1n) is 6.90. The summed E-state index contributed by atoms with van der Waals surface area (Å²) in [6.45, 7) is 6.26. The van der Waals surface area contributed by atoms with E-state index in [1.54, 1.807) is 12.4 Å². The molecular weight excluding hydrogens is 270 g/mol. The summed E-state index contributed by atoms with van der Waals surface area (Å²) in [6.07, 6.45) is 4.45. The van der Waals surface area contributed by atoms with Crippen LogP contribution in [0.15, 0.2) is 36.7 Å². The van der Waals surface area contributed by atoms with Gasteiger partial charge in [0.2, 0.25) is 0 Å². The summed E-state index contributed by atoms with van der Waals surface area (Å²) >= 11 is 6.07. The smallest absolute Gasteiger partial charge is 0.0782 e. The molecule has 2 unspecified atom stereocenters. The van der Waals surface area contributed by atoms with Gasteiger partial charge in [-0.3, -0.25) is 9.97 Å². The van der Waals surface area contributed by atoms with Crippen molar-refractivity contribution in [2.45, 2.75) is 39.3 Å². The Bertz CT molecular complexity index is 571. The van der Waals surface area contributed by atoms with Crippen molar-refractivity contribution in [2.24, 2.45) is 0 Å². The maximum Gasteiger partial charge on any atom is 0.0782 e. The number of aromatic nitrogens is 2. The number of aryl methyl sites for hydroxylation is 1. The molecule has 0 saturated heterocycles. The first-order valence-corrected chi connectivity index (χ1v) is 7.28. The fourth-order valence-corrected chi connectivity index (χ4v) is 2.60. The van der Waals surface area contributed by atoms with Gasteiger partial charge in [0.05, 0.1) is 11.4 Å². The van der Waals surface area contributed by atoms with Gasteiger partial charge in [-0.2, -0.15) is 0 Å². The summed E-state index contributed by atoms with van der Waals surface area (Å²) in [5.41, 5.74) is 3.16. The SMILES string of the molecule is CCC(NC(C)c1nccnc1C)c1cccc(Cl)c1. The molecule has 0 fully saturated rings. The highest BCUT2D eigenvalue weighted by Crippen LogP contribution is 2.24. The quantitative estimate of drug-likeness (QED) is 0.894. The normalized spacial score (nSPS) is 14.0.